The molecule has 2 heterocycles. The number of nitrogens with one attached hydrogen (secondary N) is 2. The van der Waals surface area contributed by atoms with Gasteiger partial charge in [-0.1, -0.05) is 18.2 Å². The zero-order valence-electron chi connectivity index (χ0n) is 15.5. The van der Waals surface area contributed by atoms with Gasteiger partial charge in [0, 0.05) is 24.7 Å². The molecule has 2 amide bonds. The van der Waals surface area contributed by atoms with Crippen molar-refractivity contribution >= 4 is 28.4 Å². The summed E-state index contributed by atoms with van der Waals surface area (Å²) in [6.07, 6.45) is 1.11. The standard InChI is InChI=1S/C21H21N3O4/c1-27-17-8-4-6-16-14(17)9-11-24(16)12-10-22-20(25)13-19-21(26)23-15-5-2-3-7-18(15)28-19/h2-9,11,19H,10,12-13H2,1H3,(H,22,25)(H,23,26)/t19-/m1/s1. The van der Waals surface area contributed by atoms with Crippen LogP contribution >= 0.6 is 0 Å². The predicted octanol–water partition coefficient (Wildman–Crippen LogP) is 2.56. The van der Waals surface area contributed by atoms with Crippen molar-refractivity contribution in [2.75, 3.05) is 19.0 Å². The van der Waals surface area contributed by atoms with Crippen LogP contribution in [0.5, 0.6) is 11.5 Å². The number of hydrogen-bond donors (Lipinski definition) is 2. The van der Waals surface area contributed by atoms with Crippen molar-refractivity contribution in [3.63, 3.8) is 0 Å². The summed E-state index contributed by atoms with van der Waals surface area (Å²) in [6.45, 7) is 1.06. The van der Waals surface area contributed by atoms with Crippen LogP contribution in [0.15, 0.2) is 54.7 Å². The number of fused-ring (bicyclic) bond motifs is 2. The average molecular weight is 379 g/mol. The van der Waals surface area contributed by atoms with E-state index in [0.717, 1.165) is 16.7 Å². The van der Waals surface area contributed by atoms with E-state index >= 15 is 0 Å². The number of methoxy groups -OCH3 is 1. The number of aromatic nitrogens is 1. The number of para-hydroxylation sites is 2. The maximum atomic E-state index is 12.3. The number of ether oxygens (including phenoxy) is 2. The lowest BCUT2D eigenvalue weighted by atomic mass is 10.1. The number of carbonyl (C=O) groups is 2. The molecule has 1 aliphatic heterocycles. The Kier molecular flexibility index (Phi) is 4.89. The van der Waals surface area contributed by atoms with Crippen LogP contribution in [0.1, 0.15) is 6.42 Å². The molecule has 7 nitrogen and oxygen atoms in total. The molecule has 2 aromatic carbocycles. The Labute approximate surface area is 162 Å². The summed E-state index contributed by atoms with van der Waals surface area (Å²) in [7, 11) is 1.65. The highest BCUT2D eigenvalue weighted by Crippen LogP contribution is 2.29. The Morgan fingerprint density at radius 1 is 1.21 bits per heavy atom. The second kappa shape index (κ2) is 7.64. The lowest BCUT2D eigenvalue weighted by Gasteiger charge is -2.25. The molecule has 0 bridgehead atoms. The molecule has 144 valence electrons. The number of benzene rings is 2. The Balaban J connectivity index is 1.33. The van der Waals surface area contributed by atoms with Crippen LogP contribution < -0.4 is 20.1 Å². The van der Waals surface area contributed by atoms with Gasteiger partial charge in [0.2, 0.25) is 5.91 Å². The fourth-order valence-corrected chi connectivity index (χ4v) is 3.35. The van der Waals surface area contributed by atoms with Gasteiger partial charge in [0.1, 0.15) is 11.5 Å². The van der Waals surface area contributed by atoms with Crippen LogP contribution in [-0.4, -0.2) is 36.1 Å². The Bertz CT molecular complexity index is 1030. The van der Waals surface area contributed by atoms with E-state index < -0.39 is 6.10 Å². The first-order valence-electron chi connectivity index (χ1n) is 9.11. The first-order valence-corrected chi connectivity index (χ1v) is 9.11. The number of nitrogens with zero attached hydrogens (tertiary/aromatic N) is 1. The third-order valence-corrected chi connectivity index (χ3v) is 4.75. The number of hydrogen-bond acceptors (Lipinski definition) is 4. The van der Waals surface area contributed by atoms with Crippen LogP contribution in [0.2, 0.25) is 0 Å². The first kappa shape index (κ1) is 17.9. The highest BCUT2D eigenvalue weighted by molar-refractivity contribution is 5.99. The zero-order valence-corrected chi connectivity index (χ0v) is 15.5. The van der Waals surface area contributed by atoms with Gasteiger partial charge in [0.15, 0.2) is 6.10 Å². The molecule has 2 N–H and O–H groups in total. The highest BCUT2D eigenvalue weighted by atomic mass is 16.5. The monoisotopic (exact) mass is 379 g/mol. The summed E-state index contributed by atoms with van der Waals surface area (Å²) in [5.41, 5.74) is 1.67. The van der Waals surface area contributed by atoms with Gasteiger partial charge in [-0.3, -0.25) is 9.59 Å². The summed E-state index contributed by atoms with van der Waals surface area (Å²) >= 11 is 0. The van der Waals surface area contributed by atoms with Gasteiger partial charge in [-0.15, -0.1) is 0 Å². The largest absolute Gasteiger partial charge is 0.496 e. The molecule has 28 heavy (non-hydrogen) atoms. The van der Waals surface area contributed by atoms with Crippen molar-refractivity contribution in [3.8, 4) is 11.5 Å². The van der Waals surface area contributed by atoms with Crippen molar-refractivity contribution < 1.29 is 19.1 Å². The summed E-state index contributed by atoms with van der Waals surface area (Å²) in [5, 5.41) is 6.65. The zero-order chi connectivity index (χ0) is 19.5. The minimum absolute atomic E-state index is 0.0274. The molecular weight excluding hydrogens is 358 g/mol. The molecule has 0 fully saturated rings. The molecule has 0 spiro atoms. The lowest BCUT2D eigenvalue weighted by Crippen LogP contribution is -2.41. The van der Waals surface area contributed by atoms with Gasteiger partial charge in [-0.2, -0.15) is 0 Å². The van der Waals surface area contributed by atoms with Crippen molar-refractivity contribution in [1.82, 2.24) is 9.88 Å². The second-order valence-corrected chi connectivity index (χ2v) is 6.55. The van der Waals surface area contributed by atoms with E-state index in [4.69, 9.17) is 9.47 Å². The smallest absolute Gasteiger partial charge is 0.266 e. The van der Waals surface area contributed by atoms with Gasteiger partial charge in [-0.05, 0) is 30.3 Å². The minimum Gasteiger partial charge on any atom is -0.496 e. The first-order chi connectivity index (χ1) is 13.7. The van der Waals surface area contributed by atoms with E-state index in [1.54, 1.807) is 19.2 Å². The van der Waals surface area contributed by atoms with Gasteiger partial charge >= 0.3 is 0 Å². The Morgan fingerprint density at radius 2 is 2.07 bits per heavy atom. The van der Waals surface area contributed by atoms with E-state index in [-0.39, 0.29) is 18.2 Å². The van der Waals surface area contributed by atoms with Crippen molar-refractivity contribution in [2.24, 2.45) is 0 Å². The Morgan fingerprint density at radius 3 is 2.93 bits per heavy atom. The number of carbonyl (C=O) groups excluding carboxylic acids is 2. The fraction of sp³-hybridized carbons (Fsp3) is 0.238. The summed E-state index contributed by atoms with van der Waals surface area (Å²) in [5.74, 6) is 0.861. The number of amides is 2. The molecule has 4 rings (SSSR count). The van der Waals surface area contributed by atoms with Gasteiger partial charge in [0.05, 0.1) is 24.7 Å². The highest BCUT2D eigenvalue weighted by Gasteiger charge is 2.29. The third kappa shape index (κ3) is 3.51. The Hall–Kier alpha value is -3.48. The molecule has 1 aliphatic rings. The SMILES string of the molecule is COc1cccc2c1ccn2CCNC(=O)C[C@H]1Oc2ccccc2NC1=O. The summed E-state index contributed by atoms with van der Waals surface area (Å²) < 4.78 is 13.1. The summed E-state index contributed by atoms with van der Waals surface area (Å²) in [6, 6.07) is 15.0. The molecule has 3 aromatic rings. The van der Waals surface area contributed by atoms with Crippen LogP contribution in [0.25, 0.3) is 10.9 Å². The minimum atomic E-state index is -0.827. The van der Waals surface area contributed by atoms with Gasteiger partial charge < -0.3 is 24.7 Å². The van der Waals surface area contributed by atoms with Crippen LogP contribution in [-0.2, 0) is 16.1 Å². The maximum Gasteiger partial charge on any atom is 0.266 e. The van der Waals surface area contributed by atoms with Crippen molar-refractivity contribution in [3.05, 3.63) is 54.7 Å². The molecule has 0 saturated carbocycles. The molecule has 0 radical (unpaired) electrons. The molecule has 0 saturated heterocycles. The predicted molar refractivity (Wildman–Crippen MR) is 106 cm³/mol. The number of anilines is 1. The summed E-state index contributed by atoms with van der Waals surface area (Å²) in [4.78, 5) is 24.4. The third-order valence-electron chi connectivity index (χ3n) is 4.75. The van der Waals surface area contributed by atoms with Crippen LogP contribution in [0.4, 0.5) is 5.69 Å². The van der Waals surface area contributed by atoms with Crippen LogP contribution in [0, 0.1) is 0 Å². The number of rotatable bonds is 6. The molecule has 0 aliphatic carbocycles. The van der Waals surface area contributed by atoms with E-state index in [1.807, 2.05) is 42.6 Å². The van der Waals surface area contributed by atoms with Crippen molar-refractivity contribution in [1.29, 1.82) is 0 Å². The normalized spacial score (nSPS) is 15.5. The van der Waals surface area contributed by atoms with Gasteiger partial charge in [-0.25, -0.2) is 0 Å². The molecule has 7 heteroatoms. The van der Waals surface area contributed by atoms with Gasteiger partial charge in [0.25, 0.3) is 5.91 Å². The van der Waals surface area contributed by atoms with E-state index in [2.05, 4.69) is 15.2 Å². The van der Waals surface area contributed by atoms with Crippen molar-refractivity contribution in [2.45, 2.75) is 19.1 Å². The fourth-order valence-electron chi connectivity index (χ4n) is 3.35. The van der Waals surface area contributed by atoms with E-state index in [9.17, 15) is 9.59 Å². The topological polar surface area (TPSA) is 81.6 Å². The maximum absolute atomic E-state index is 12.3. The molecular formula is C21H21N3O4. The van der Waals surface area contributed by atoms with E-state index in [1.165, 1.54) is 0 Å². The molecule has 1 aromatic heterocycles. The lowest BCUT2D eigenvalue weighted by molar-refractivity contribution is -0.130. The van der Waals surface area contributed by atoms with Crippen LogP contribution in [0.3, 0.4) is 0 Å². The average Bonchev–Trinajstić information content (AvgIpc) is 3.12. The quantitative estimate of drug-likeness (QED) is 0.690. The second-order valence-electron chi connectivity index (χ2n) is 6.55. The molecule has 1 atom stereocenters. The molecule has 0 unspecified atom stereocenters. The van der Waals surface area contributed by atoms with E-state index in [0.29, 0.717) is 24.5 Å².